The van der Waals surface area contributed by atoms with Crippen LogP contribution in [0.1, 0.15) is 58.3 Å². The second-order valence-electron chi connectivity index (χ2n) is 4.06. The fourth-order valence-electron chi connectivity index (χ4n) is 1.51. The molecule has 1 aromatic rings. The molecule has 1 rings (SSSR count). The number of rotatable bonds is 8. The Bertz CT molecular complexity index is 159. The Morgan fingerprint density at radius 3 is 1.69 bits per heavy atom. The summed E-state index contributed by atoms with van der Waals surface area (Å²) in [5.74, 6) is 0. The molecule has 1 heterocycles. The molecule has 1 aromatic heterocycles. The number of nitrogens with two attached hydrogens (primary N) is 1. The van der Waals surface area contributed by atoms with E-state index in [2.05, 4.69) is 6.92 Å². The molecule has 2 N–H and O–H groups in total. The van der Waals surface area contributed by atoms with Gasteiger partial charge in [0.05, 0.1) is 0 Å². The number of thiophene rings is 1. The molecule has 0 spiro atoms. The summed E-state index contributed by atoms with van der Waals surface area (Å²) in [5.41, 5.74) is 5.39. The molecule has 0 aliphatic heterocycles. The van der Waals surface area contributed by atoms with Gasteiger partial charge in [-0.3, -0.25) is 0 Å². The molecular formula is C14H27NS. The van der Waals surface area contributed by atoms with Crippen molar-refractivity contribution in [1.29, 1.82) is 0 Å². The van der Waals surface area contributed by atoms with Gasteiger partial charge < -0.3 is 5.73 Å². The van der Waals surface area contributed by atoms with Gasteiger partial charge in [-0.15, -0.1) is 0 Å². The molecule has 0 amide bonds. The fourth-order valence-corrected chi connectivity index (χ4v) is 1.96. The molecule has 0 atom stereocenters. The highest BCUT2D eigenvalue weighted by molar-refractivity contribution is 7.07. The first-order valence-corrected chi connectivity index (χ1v) is 7.53. The molecule has 0 bridgehead atoms. The first-order valence-electron chi connectivity index (χ1n) is 6.59. The summed E-state index contributed by atoms with van der Waals surface area (Å²) in [4.78, 5) is 0. The van der Waals surface area contributed by atoms with E-state index in [0.717, 1.165) is 6.54 Å². The van der Waals surface area contributed by atoms with Crippen LogP contribution >= 0.6 is 11.3 Å². The van der Waals surface area contributed by atoms with Crippen LogP contribution < -0.4 is 5.73 Å². The van der Waals surface area contributed by atoms with E-state index < -0.39 is 0 Å². The van der Waals surface area contributed by atoms with E-state index in [1.807, 2.05) is 22.9 Å². The van der Waals surface area contributed by atoms with Crippen LogP contribution in [0.3, 0.4) is 0 Å². The van der Waals surface area contributed by atoms with Crippen LogP contribution in [-0.2, 0) is 0 Å². The fraction of sp³-hybridized carbons (Fsp3) is 0.714. The molecule has 0 radical (unpaired) electrons. The second kappa shape index (κ2) is 14.7. The number of hydrogen-bond acceptors (Lipinski definition) is 2. The van der Waals surface area contributed by atoms with Gasteiger partial charge in [0.2, 0.25) is 0 Å². The largest absolute Gasteiger partial charge is 0.330 e. The van der Waals surface area contributed by atoms with E-state index >= 15 is 0 Å². The Kier molecular flexibility index (Phi) is 14.3. The molecule has 1 nitrogen and oxygen atoms in total. The summed E-state index contributed by atoms with van der Waals surface area (Å²) in [7, 11) is 0. The van der Waals surface area contributed by atoms with Gasteiger partial charge in [-0.25, -0.2) is 0 Å². The molecule has 0 saturated heterocycles. The van der Waals surface area contributed by atoms with Crippen LogP contribution in [0.5, 0.6) is 0 Å². The van der Waals surface area contributed by atoms with Gasteiger partial charge in [0.25, 0.3) is 0 Å². The molecule has 0 saturated carbocycles. The summed E-state index contributed by atoms with van der Waals surface area (Å²) in [6.07, 6.45) is 11.0. The van der Waals surface area contributed by atoms with Crippen molar-refractivity contribution in [2.45, 2.75) is 58.3 Å². The lowest BCUT2D eigenvalue weighted by Crippen LogP contribution is -1.97. The first-order chi connectivity index (χ1) is 7.91. The minimum absolute atomic E-state index is 0.870. The highest BCUT2D eigenvalue weighted by atomic mass is 32.1. The van der Waals surface area contributed by atoms with Crippen LogP contribution in [0.15, 0.2) is 22.9 Å². The van der Waals surface area contributed by atoms with Crippen molar-refractivity contribution >= 4 is 11.3 Å². The van der Waals surface area contributed by atoms with Crippen molar-refractivity contribution in [3.63, 3.8) is 0 Å². The third-order valence-electron chi connectivity index (χ3n) is 2.48. The summed E-state index contributed by atoms with van der Waals surface area (Å²) < 4.78 is 0. The zero-order valence-corrected chi connectivity index (χ0v) is 11.5. The van der Waals surface area contributed by atoms with Gasteiger partial charge in [-0.1, -0.05) is 64.0 Å². The molecule has 0 unspecified atom stereocenters. The highest BCUT2D eigenvalue weighted by Gasteiger charge is 1.89. The standard InChI is InChI=1S/C10H23N.C4H4S/c1-2-3-4-5-6-7-8-9-10-11;1-2-4-5-3-1/h2-11H2,1H3;1-4H. The van der Waals surface area contributed by atoms with Crippen LogP contribution in [-0.4, -0.2) is 6.54 Å². The molecular weight excluding hydrogens is 214 g/mol. The predicted octanol–water partition coefficient (Wildman–Crippen LogP) is 4.83. The van der Waals surface area contributed by atoms with E-state index in [0.29, 0.717) is 0 Å². The second-order valence-corrected chi connectivity index (χ2v) is 4.87. The summed E-state index contributed by atoms with van der Waals surface area (Å²) in [5, 5.41) is 4.08. The maximum absolute atomic E-state index is 5.39. The molecule has 2 heteroatoms. The van der Waals surface area contributed by atoms with Gasteiger partial charge in [0, 0.05) is 0 Å². The molecule has 0 aliphatic rings. The van der Waals surface area contributed by atoms with Crippen LogP contribution in [0.25, 0.3) is 0 Å². The maximum atomic E-state index is 5.39. The lowest BCUT2D eigenvalue weighted by atomic mass is 10.1. The SMILES string of the molecule is CCCCCCCCCCN.c1ccsc1. The number of hydrogen-bond donors (Lipinski definition) is 1. The van der Waals surface area contributed by atoms with E-state index in [1.165, 1.54) is 51.4 Å². The molecule has 0 aromatic carbocycles. The normalized spacial score (nSPS) is 9.62. The summed E-state index contributed by atoms with van der Waals surface area (Å²) in [6, 6.07) is 4.04. The van der Waals surface area contributed by atoms with Gasteiger partial charge in [0.15, 0.2) is 0 Å². The Morgan fingerprint density at radius 1 is 0.812 bits per heavy atom. The minimum atomic E-state index is 0.870. The summed E-state index contributed by atoms with van der Waals surface area (Å²) in [6.45, 7) is 3.13. The molecule has 94 valence electrons. The van der Waals surface area contributed by atoms with Gasteiger partial charge in [-0.05, 0) is 23.7 Å². The smallest absolute Gasteiger partial charge is 0.00773 e. The topological polar surface area (TPSA) is 26.0 Å². The quantitative estimate of drug-likeness (QED) is 0.648. The monoisotopic (exact) mass is 241 g/mol. The van der Waals surface area contributed by atoms with Crippen molar-refractivity contribution in [2.75, 3.05) is 6.54 Å². The Morgan fingerprint density at radius 2 is 1.31 bits per heavy atom. The lowest BCUT2D eigenvalue weighted by Gasteiger charge is -1.99. The van der Waals surface area contributed by atoms with Crippen molar-refractivity contribution in [1.82, 2.24) is 0 Å². The predicted molar refractivity (Wildman–Crippen MR) is 76.0 cm³/mol. The van der Waals surface area contributed by atoms with Crippen molar-refractivity contribution in [3.05, 3.63) is 22.9 Å². The molecule has 0 fully saturated rings. The average molecular weight is 241 g/mol. The maximum Gasteiger partial charge on any atom is -0.00773 e. The van der Waals surface area contributed by atoms with E-state index in [1.54, 1.807) is 11.3 Å². The Balaban J connectivity index is 0.000000368. The Labute approximate surface area is 105 Å². The molecule has 0 aliphatic carbocycles. The molecule has 16 heavy (non-hydrogen) atoms. The lowest BCUT2D eigenvalue weighted by molar-refractivity contribution is 0.578. The minimum Gasteiger partial charge on any atom is -0.330 e. The van der Waals surface area contributed by atoms with Crippen molar-refractivity contribution in [2.24, 2.45) is 5.73 Å². The van der Waals surface area contributed by atoms with Crippen LogP contribution in [0.2, 0.25) is 0 Å². The van der Waals surface area contributed by atoms with Crippen molar-refractivity contribution in [3.8, 4) is 0 Å². The zero-order chi connectivity index (χ0) is 11.9. The third kappa shape index (κ3) is 13.7. The van der Waals surface area contributed by atoms with Gasteiger partial charge in [0.1, 0.15) is 0 Å². The Hall–Kier alpha value is -0.340. The van der Waals surface area contributed by atoms with E-state index in [-0.39, 0.29) is 0 Å². The van der Waals surface area contributed by atoms with Crippen LogP contribution in [0, 0.1) is 0 Å². The van der Waals surface area contributed by atoms with Gasteiger partial charge in [-0.2, -0.15) is 11.3 Å². The first kappa shape index (κ1) is 15.7. The number of unbranched alkanes of at least 4 members (excludes halogenated alkanes) is 7. The summed E-state index contributed by atoms with van der Waals surface area (Å²) >= 11 is 1.71. The van der Waals surface area contributed by atoms with Crippen LogP contribution in [0.4, 0.5) is 0 Å². The van der Waals surface area contributed by atoms with Crippen molar-refractivity contribution < 1.29 is 0 Å². The van der Waals surface area contributed by atoms with E-state index in [4.69, 9.17) is 5.73 Å². The highest BCUT2D eigenvalue weighted by Crippen LogP contribution is 2.07. The zero-order valence-electron chi connectivity index (χ0n) is 10.7. The third-order valence-corrected chi connectivity index (χ3v) is 3.11. The average Bonchev–Trinajstić information content (AvgIpc) is 2.87. The van der Waals surface area contributed by atoms with E-state index in [9.17, 15) is 0 Å². The van der Waals surface area contributed by atoms with Gasteiger partial charge >= 0.3 is 0 Å².